The van der Waals surface area contributed by atoms with E-state index in [0.717, 1.165) is 16.8 Å². The van der Waals surface area contributed by atoms with Crippen molar-refractivity contribution >= 4 is 17.7 Å². The number of carbonyl (C=O) groups excluding carboxylic acids is 1. The van der Waals surface area contributed by atoms with E-state index in [2.05, 4.69) is 5.32 Å². The molecular weight excluding hydrogens is 576 g/mol. The Morgan fingerprint density at radius 1 is 0.913 bits per heavy atom. The Morgan fingerprint density at radius 3 is 2.24 bits per heavy atom. The number of anilines is 1. The molecule has 0 aliphatic carbocycles. The van der Waals surface area contributed by atoms with Crippen LogP contribution in [0.2, 0.25) is 0 Å². The van der Waals surface area contributed by atoms with Crippen LogP contribution in [-0.4, -0.2) is 25.1 Å². The second-order valence-corrected chi connectivity index (χ2v) is 10.6. The third-order valence-corrected chi connectivity index (χ3v) is 7.58. The summed E-state index contributed by atoms with van der Waals surface area (Å²) in [6, 6.07) is 38.1. The van der Waals surface area contributed by atoms with Crippen LogP contribution < -0.4 is 15.6 Å². The van der Waals surface area contributed by atoms with Gasteiger partial charge in [0.1, 0.15) is 35.4 Å². The van der Waals surface area contributed by atoms with E-state index in [4.69, 9.17) is 9.84 Å². The van der Waals surface area contributed by atoms with Gasteiger partial charge in [-0.3, -0.25) is 14.3 Å². The molecule has 0 bridgehead atoms. The Labute approximate surface area is 265 Å². The van der Waals surface area contributed by atoms with Crippen molar-refractivity contribution in [2.45, 2.75) is 13.5 Å². The molecule has 6 rings (SSSR count). The summed E-state index contributed by atoms with van der Waals surface area (Å²) in [5, 5.41) is 17.6. The van der Waals surface area contributed by atoms with Crippen molar-refractivity contribution in [3.8, 4) is 34.5 Å². The molecule has 0 saturated heterocycles. The van der Waals surface area contributed by atoms with Crippen LogP contribution in [0.15, 0.2) is 132 Å². The average molecular weight is 607 g/mol. The predicted octanol–water partition coefficient (Wildman–Crippen LogP) is 6.46. The lowest BCUT2D eigenvalue weighted by atomic mass is 10.1. The highest BCUT2D eigenvalue weighted by molar-refractivity contribution is 6.10. The molecule has 0 fully saturated rings. The van der Waals surface area contributed by atoms with E-state index in [9.17, 15) is 14.9 Å². The van der Waals surface area contributed by atoms with Crippen molar-refractivity contribution in [1.29, 1.82) is 5.26 Å². The number of hydrogen-bond acceptors (Lipinski definition) is 5. The summed E-state index contributed by atoms with van der Waals surface area (Å²) >= 11 is 0. The molecule has 0 saturated carbocycles. The number of hydrogen-bond donors (Lipinski definition) is 1. The fraction of sp³-hybridized carbons (Fsp3) is 0.0811. The highest BCUT2D eigenvalue weighted by Crippen LogP contribution is 2.29. The zero-order valence-corrected chi connectivity index (χ0v) is 25.3. The molecule has 0 aliphatic heterocycles. The van der Waals surface area contributed by atoms with Gasteiger partial charge in [0.05, 0.1) is 17.1 Å². The second kappa shape index (κ2) is 13.1. The maximum Gasteiger partial charge on any atom is 0.295 e. The van der Waals surface area contributed by atoms with E-state index in [1.165, 1.54) is 10.8 Å². The van der Waals surface area contributed by atoms with Crippen molar-refractivity contribution in [3.63, 3.8) is 0 Å². The Morgan fingerprint density at radius 2 is 1.57 bits per heavy atom. The van der Waals surface area contributed by atoms with Crippen LogP contribution in [0.1, 0.15) is 16.8 Å². The quantitative estimate of drug-likeness (QED) is 0.150. The van der Waals surface area contributed by atoms with Gasteiger partial charge >= 0.3 is 0 Å². The third-order valence-electron chi connectivity index (χ3n) is 7.58. The van der Waals surface area contributed by atoms with Crippen LogP contribution >= 0.6 is 0 Å². The smallest absolute Gasteiger partial charge is 0.295 e. The summed E-state index contributed by atoms with van der Waals surface area (Å²) in [5.74, 6) is -0.0510. The second-order valence-electron chi connectivity index (χ2n) is 10.6. The summed E-state index contributed by atoms with van der Waals surface area (Å²) < 4.78 is 10.9. The Hall–Kier alpha value is -6.40. The van der Waals surface area contributed by atoms with E-state index in [-0.39, 0.29) is 11.3 Å². The third kappa shape index (κ3) is 6.14. The van der Waals surface area contributed by atoms with Crippen molar-refractivity contribution in [2.75, 3.05) is 5.32 Å². The molecule has 1 N–H and O–H groups in total. The number of amides is 1. The topological polar surface area (TPSA) is 107 Å². The number of benzene rings is 4. The van der Waals surface area contributed by atoms with Gasteiger partial charge in [-0.05, 0) is 55.0 Å². The Bertz CT molecular complexity index is 2140. The minimum absolute atomic E-state index is 0.0981. The predicted molar refractivity (Wildman–Crippen MR) is 178 cm³/mol. The molecule has 0 aliphatic rings. The summed E-state index contributed by atoms with van der Waals surface area (Å²) in [4.78, 5) is 26.9. The first-order valence-corrected chi connectivity index (χ1v) is 14.6. The molecule has 4 aromatic carbocycles. The van der Waals surface area contributed by atoms with Crippen LogP contribution in [0.5, 0.6) is 5.75 Å². The fourth-order valence-corrected chi connectivity index (χ4v) is 5.10. The molecule has 0 spiro atoms. The summed E-state index contributed by atoms with van der Waals surface area (Å²) in [7, 11) is 1.74. The number of para-hydroxylation sites is 2. The SMILES string of the molecule is Cc1c(NC(=O)C(C#N)=Cc2cn(-c3ccccc3)nc2-c2cccc(OCc3ccccc3)c2)c(=O)n(-c2ccccc2)n1C. The molecule has 9 heteroatoms. The number of carbonyl (C=O) groups is 1. The van der Waals surface area contributed by atoms with Gasteiger partial charge in [0, 0.05) is 24.4 Å². The summed E-state index contributed by atoms with van der Waals surface area (Å²) in [6.45, 7) is 2.14. The normalized spacial score (nSPS) is 11.2. The van der Waals surface area contributed by atoms with E-state index in [1.807, 2.05) is 109 Å². The Balaban J connectivity index is 1.35. The first-order chi connectivity index (χ1) is 22.4. The minimum atomic E-state index is -0.702. The van der Waals surface area contributed by atoms with Gasteiger partial charge in [-0.15, -0.1) is 0 Å². The van der Waals surface area contributed by atoms with Crippen LogP contribution in [0.25, 0.3) is 28.7 Å². The molecule has 0 unspecified atom stereocenters. The Kier molecular flexibility index (Phi) is 8.43. The first kappa shape index (κ1) is 29.7. The van der Waals surface area contributed by atoms with Gasteiger partial charge in [0.2, 0.25) is 0 Å². The first-order valence-electron chi connectivity index (χ1n) is 14.6. The largest absolute Gasteiger partial charge is 0.489 e. The van der Waals surface area contributed by atoms with Crippen molar-refractivity contribution in [1.82, 2.24) is 19.1 Å². The average Bonchev–Trinajstić information content (AvgIpc) is 3.61. The lowest BCUT2D eigenvalue weighted by Gasteiger charge is -2.08. The lowest BCUT2D eigenvalue weighted by Crippen LogP contribution is -2.23. The minimum Gasteiger partial charge on any atom is -0.489 e. The van der Waals surface area contributed by atoms with Crippen LogP contribution in [-0.2, 0) is 18.4 Å². The number of nitrogens with zero attached hydrogens (tertiary/aromatic N) is 5. The van der Waals surface area contributed by atoms with Gasteiger partial charge in [-0.25, -0.2) is 9.36 Å². The summed E-state index contributed by atoms with van der Waals surface area (Å²) in [5.41, 5.74) is 4.41. The fourth-order valence-electron chi connectivity index (χ4n) is 5.10. The van der Waals surface area contributed by atoms with Crippen LogP contribution in [0, 0.1) is 18.3 Å². The van der Waals surface area contributed by atoms with E-state index in [1.54, 1.807) is 41.7 Å². The van der Waals surface area contributed by atoms with Gasteiger partial charge < -0.3 is 10.1 Å². The maximum atomic E-state index is 13.5. The zero-order valence-electron chi connectivity index (χ0n) is 25.3. The molecule has 6 aromatic rings. The van der Waals surface area contributed by atoms with Gasteiger partial charge in [-0.2, -0.15) is 10.4 Å². The van der Waals surface area contributed by atoms with Gasteiger partial charge in [0.25, 0.3) is 11.5 Å². The van der Waals surface area contributed by atoms with E-state index >= 15 is 0 Å². The van der Waals surface area contributed by atoms with Gasteiger partial charge in [0.15, 0.2) is 0 Å². The van der Waals surface area contributed by atoms with Crippen molar-refractivity contribution < 1.29 is 9.53 Å². The standard InChI is InChI=1S/C37H30N6O3/c1-26-34(37(45)43(41(26)2)32-18-10-5-11-19-32)39-36(44)29(23-38)21-30-24-42(31-16-8-4-9-17-31)40-35(30)28-15-12-20-33(22-28)46-25-27-13-6-3-7-14-27/h3-22,24H,25H2,1-2H3,(H,39,44). The summed E-state index contributed by atoms with van der Waals surface area (Å²) in [6.07, 6.45) is 3.26. The van der Waals surface area contributed by atoms with E-state index in [0.29, 0.717) is 35.0 Å². The van der Waals surface area contributed by atoms with Gasteiger partial charge in [-0.1, -0.05) is 78.9 Å². The maximum absolute atomic E-state index is 13.5. The highest BCUT2D eigenvalue weighted by Gasteiger charge is 2.21. The zero-order chi connectivity index (χ0) is 32.0. The number of nitriles is 1. The molecule has 9 nitrogen and oxygen atoms in total. The molecule has 226 valence electrons. The molecule has 0 atom stereocenters. The number of ether oxygens (including phenoxy) is 1. The monoisotopic (exact) mass is 606 g/mol. The number of nitrogens with one attached hydrogen (secondary N) is 1. The molecule has 0 radical (unpaired) electrons. The molecule has 1 amide bonds. The molecule has 46 heavy (non-hydrogen) atoms. The molecule has 2 aromatic heterocycles. The van der Waals surface area contributed by atoms with Crippen LogP contribution in [0.3, 0.4) is 0 Å². The highest BCUT2D eigenvalue weighted by atomic mass is 16.5. The molecular formula is C37H30N6O3. The van der Waals surface area contributed by atoms with Crippen LogP contribution in [0.4, 0.5) is 5.69 Å². The molecule has 2 heterocycles. The van der Waals surface area contributed by atoms with Crippen molar-refractivity contribution in [3.05, 3.63) is 154 Å². The van der Waals surface area contributed by atoms with Crippen molar-refractivity contribution in [2.24, 2.45) is 7.05 Å². The van der Waals surface area contributed by atoms with E-state index < -0.39 is 11.5 Å². The lowest BCUT2D eigenvalue weighted by molar-refractivity contribution is -0.112. The number of rotatable bonds is 9. The number of aromatic nitrogens is 4.